The van der Waals surface area contributed by atoms with Crippen molar-refractivity contribution in [3.05, 3.63) is 83.2 Å². The van der Waals surface area contributed by atoms with Gasteiger partial charge in [-0.2, -0.15) is 18.3 Å². The van der Waals surface area contributed by atoms with Gasteiger partial charge in [0.25, 0.3) is 0 Å². The Kier molecular flexibility index (Phi) is 4.77. The third-order valence-electron chi connectivity index (χ3n) is 5.08. The molecule has 1 atom stereocenters. The summed E-state index contributed by atoms with van der Waals surface area (Å²) in [5.41, 5.74) is 1.90. The molecule has 5 nitrogen and oxygen atoms in total. The second-order valence-electron chi connectivity index (χ2n) is 7.05. The van der Waals surface area contributed by atoms with E-state index >= 15 is 0 Å². The number of para-hydroxylation sites is 1. The van der Waals surface area contributed by atoms with Crippen LogP contribution in [0.25, 0.3) is 0 Å². The summed E-state index contributed by atoms with van der Waals surface area (Å²) in [6.07, 6.45) is -0.903. The van der Waals surface area contributed by atoms with Crippen molar-refractivity contribution < 1.29 is 18.0 Å². The van der Waals surface area contributed by atoms with Crippen molar-refractivity contribution in [2.75, 3.05) is 11.9 Å². The molecule has 0 radical (unpaired) electrons. The molecule has 2 aromatic carbocycles. The van der Waals surface area contributed by atoms with Gasteiger partial charge in [0, 0.05) is 32.3 Å². The number of fused-ring (bicyclic) bond motifs is 1. The Bertz CT molecular complexity index is 1040. The minimum absolute atomic E-state index is 0.0998. The second-order valence-corrected chi connectivity index (χ2v) is 7.05. The molecule has 29 heavy (non-hydrogen) atoms. The van der Waals surface area contributed by atoms with E-state index in [1.165, 1.54) is 23.1 Å². The number of aromatic nitrogens is 2. The van der Waals surface area contributed by atoms with Gasteiger partial charge >= 0.3 is 12.2 Å². The summed E-state index contributed by atoms with van der Waals surface area (Å²) in [7, 11) is 1.82. The highest BCUT2D eigenvalue weighted by molar-refractivity contribution is 5.90. The van der Waals surface area contributed by atoms with Crippen molar-refractivity contribution in [2.45, 2.75) is 18.6 Å². The van der Waals surface area contributed by atoms with Gasteiger partial charge in [-0.05, 0) is 28.8 Å². The lowest BCUT2D eigenvalue weighted by Gasteiger charge is -2.34. The first kappa shape index (κ1) is 19.0. The fourth-order valence-corrected chi connectivity index (χ4v) is 3.70. The summed E-state index contributed by atoms with van der Waals surface area (Å²) in [6.45, 7) is 0.676. The maximum atomic E-state index is 13.2. The summed E-state index contributed by atoms with van der Waals surface area (Å²) in [5, 5.41) is 6.65. The first-order valence-electron chi connectivity index (χ1n) is 9.11. The maximum Gasteiger partial charge on any atom is 0.418 e. The summed E-state index contributed by atoms with van der Waals surface area (Å²) < 4.78 is 41.4. The van der Waals surface area contributed by atoms with Crippen LogP contribution < -0.4 is 5.32 Å². The Hall–Kier alpha value is -3.29. The number of amides is 2. The number of aryl methyl sites for hydroxylation is 1. The molecule has 4 rings (SSSR count). The number of urea groups is 1. The number of carbonyl (C=O) groups is 1. The molecular weight excluding hydrogens is 381 g/mol. The summed E-state index contributed by atoms with van der Waals surface area (Å²) in [6, 6.07) is 12.2. The van der Waals surface area contributed by atoms with Gasteiger partial charge in [-0.25, -0.2) is 4.79 Å². The third-order valence-corrected chi connectivity index (χ3v) is 5.08. The van der Waals surface area contributed by atoms with Crippen molar-refractivity contribution in [2.24, 2.45) is 7.05 Å². The van der Waals surface area contributed by atoms with Gasteiger partial charge in [0.05, 0.1) is 17.4 Å². The number of hydrogen-bond donors (Lipinski definition) is 1. The van der Waals surface area contributed by atoms with Gasteiger partial charge in [-0.1, -0.05) is 36.4 Å². The SMILES string of the molecule is Cn1cc([C@@H]2CN(C(=O)Nc3ccccc3C(F)(F)F)Cc3ccccc32)cn1. The molecule has 0 saturated heterocycles. The zero-order chi connectivity index (χ0) is 20.6. The molecule has 3 aromatic rings. The Morgan fingerprint density at radius 2 is 1.86 bits per heavy atom. The number of benzene rings is 2. The Labute approximate surface area is 165 Å². The molecule has 1 aliphatic heterocycles. The molecule has 0 aliphatic carbocycles. The zero-order valence-electron chi connectivity index (χ0n) is 15.6. The van der Waals surface area contributed by atoms with E-state index in [1.807, 2.05) is 37.5 Å². The van der Waals surface area contributed by atoms with E-state index in [1.54, 1.807) is 10.9 Å². The molecular formula is C21H19F3N4O. The van der Waals surface area contributed by atoms with Crippen molar-refractivity contribution in [3.8, 4) is 0 Å². The smallest absolute Gasteiger partial charge is 0.319 e. The molecule has 1 aromatic heterocycles. The minimum atomic E-state index is -4.55. The Morgan fingerprint density at radius 1 is 1.14 bits per heavy atom. The summed E-state index contributed by atoms with van der Waals surface area (Å²) in [4.78, 5) is 14.4. The quantitative estimate of drug-likeness (QED) is 0.683. The van der Waals surface area contributed by atoms with E-state index in [-0.39, 0.29) is 11.6 Å². The molecule has 8 heteroatoms. The zero-order valence-corrected chi connectivity index (χ0v) is 15.6. The molecule has 150 valence electrons. The van der Waals surface area contributed by atoms with Crippen LogP contribution in [-0.4, -0.2) is 27.3 Å². The topological polar surface area (TPSA) is 50.2 Å². The lowest BCUT2D eigenvalue weighted by Crippen LogP contribution is -2.41. The minimum Gasteiger partial charge on any atom is -0.319 e. The maximum absolute atomic E-state index is 13.2. The van der Waals surface area contributed by atoms with Gasteiger partial charge in [-0.15, -0.1) is 0 Å². The first-order valence-corrected chi connectivity index (χ1v) is 9.11. The van der Waals surface area contributed by atoms with Crippen molar-refractivity contribution in [1.82, 2.24) is 14.7 Å². The van der Waals surface area contributed by atoms with Crippen molar-refractivity contribution in [3.63, 3.8) is 0 Å². The van der Waals surface area contributed by atoms with E-state index in [0.717, 1.165) is 22.8 Å². The number of rotatable bonds is 2. The average molecular weight is 400 g/mol. The lowest BCUT2D eigenvalue weighted by molar-refractivity contribution is -0.136. The van der Waals surface area contributed by atoms with E-state index in [0.29, 0.717) is 13.1 Å². The van der Waals surface area contributed by atoms with Gasteiger partial charge < -0.3 is 10.2 Å². The predicted octanol–water partition coefficient (Wildman–Crippen LogP) is 4.62. The van der Waals surface area contributed by atoms with Crippen LogP contribution in [0.2, 0.25) is 0 Å². The molecule has 0 saturated carbocycles. The van der Waals surface area contributed by atoms with Crippen LogP contribution in [0.15, 0.2) is 60.9 Å². The number of alkyl halides is 3. The van der Waals surface area contributed by atoms with Gasteiger partial charge in [-0.3, -0.25) is 4.68 Å². The summed E-state index contributed by atoms with van der Waals surface area (Å²) in [5.74, 6) is -0.0998. The molecule has 0 bridgehead atoms. The molecule has 2 amide bonds. The molecule has 0 spiro atoms. The van der Waals surface area contributed by atoms with Crippen LogP contribution in [-0.2, 0) is 19.8 Å². The van der Waals surface area contributed by atoms with Crippen LogP contribution in [0.3, 0.4) is 0 Å². The molecule has 0 fully saturated rings. The van der Waals surface area contributed by atoms with E-state index in [2.05, 4.69) is 10.4 Å². The fraction of sp³-hybridized carbons (Fsp3) is 0.238. The van der Waals surface area contributed by atoms with Crippen LogP contribution in [0.5, 0.6) is 0 Å². The van der Waals surface area contributed by atoms with Crippen molar-refractivity contribution in [1.29, 1.82) is 0 Å². The van der Waals surface area contributed by atoms with Crippen molar-refractivity contribution >= 4 is 11.7 Å². The number of anilines is 1. The predicted molar refractivity (Wildman–Crippen MR) is 102 cm³/mol. The Balaban J connectivity index is 1.62. The van der Waals surface area contributed by atoms with E-state index in [9.17, 15) is 18.0 Å². The fourth-order valence-electron chi connectivity index (χ4n) is 3.70. The number of nitrogens with zero attached hydrogens (tertiary/aromatic N) is 3. The van der Waals surface area contributed by atoms with Gasteiger partial charge in [0.1, 0.15) is 0 Å². The summed E-state index contributed by atoms with van der Waals surface area (Å²) >= 11 is 0. The van der Waals surface area contributed by atoms with Crippen LogP contribution >= 0.6 is 0 Å². The van der Waals surface area contributed by atoms with Crippen LogP contribution in [0, 0.1) is 0 Å². The highest BCUT2D eigenvalue weighted by atomic mass is 19.4. The lowest BCUT2D eigenvalue weighted by atomic mass is 9.86. The molecule has 0 unspecified atom stereocenters. The van der Waals surface area contributed by atoms with E-state index < -0.39 is 17.8 Å². The molecule has 2 heterocycles. The van der Waals surface area contributed by atoms with Crippen LogP contribution in [0.1, 0.15) is 28.2 Å². The largest absolute Gasteiger partial charge is 0.418 e. The highest BCUT2D eigenvalue weighted by Gasteiger charge is 2.35. The van der Waals surface area contributed by atoms with Gasteiger partial charge in [0.15, 0.2) is 0 Å². The standard InChI is InChI=1S/C21H19F3N4O/c1-27-11-15(10-25-27)17-13-28(12-14-6-2-3-7-16(14)17)20(29)26-19-9-5-4-8-18(19)21(22,23)24/h2-11,17H,12-13H2,1H3,(H,26,29)/t17-/m0/s1. The van der Waals surface area contributed by atoms with Gasteiger partial charge in [0.2, 0.25) is 0 Å². The van der Waals surface area contributed by atoms with E-state index in [4.69, 9.17) is 0 Å². The number of carbonyl (C=O) groups excluding carboxylic acids is 1. The highest BCUT2D eigenvalue weighted by Crippen LogP contribution is 2.36. The molecule has 1 N–H and O–H groups in total. The van der Waals surface area contributed by atoms with Crippen LogP contribution in [0.4, 0.5) is 23.7 Å². The number of nitrogens with one attached hydrogen (secondary N) is 1. The second kappa shape index (κ2) is 7.27. The number of hydrogen-bond acceptors (Lipinski definition) is 2. The first-order chi connectivity index (χ1) is 13.8. The molecule has 1 aliphatic rings. The average Bonchev–Trinajstić information content (AvgIpc) is 3.13. The third kappa shape index (κ3) is 3.83. The normalized spacial score (nSPS) is 16.4. The number of halogens is 3. The monoisotopic (exact) mass is 400 g/mol. The Morgan fingerprint density at radius 3 is 2.59 bits per heavy atom.